The molecule has 0 fully saturated rings. The third-order valence-corrected chi connectivity index (χ3v) is 4.30. The van der Waals surface area contributed by atoms with Gasteiger partial charge in [0.1, 0.15) is 12.6 Å². The van der Waals surface area contributed by atoms with Crippen LogP contribution in [0.25, 0.3) is 11.1 Å². The van der Waals surface area contributed by atoms with Gasteiger partial charge in [-0.05, 0) is 34.2 Å². The molecule has 0 aromatic heterocycles. The van der Waals surface area contributed by atoms with Crippen molar-refractivity contribution in [2.75, 3.05) is 0 Å². The van der Waals surface area contributed by atoms with Crippen LogP contribution in [0.2, 0.25) is 0 Å². The van der Waals surface area contributed by atoms with Crippen LogP contribution in [0.1, 0.15) is 23.1 Å². The topological polar surface area (TPSA) is 119 Å². The number of ether oxygens (including phenoxy) is 1. The number of carbonyl (C=O) groups is 3. The molecule has 0 radical (unpaired) electrons. The maximum atomic E-state index is 11.9. The average molecular weight is 354 g/mol. The van der Waals surface area contributed by atoms with Crippen molar-refractivity contribution in [1.82, 2.24) is 5.32 Å². The molecule has 134 valence electrons. The largest absolute Gasteiger partial charge is 0.480 e. The minimum atomic E-state index is -1.41. The summed E-state index contributed by atoms with van der Waals surface area (Å²) in [5.41, 5.74) is 10.4. The number of hydrogen-bond acceptors (Lipinski definition) is 4. The molecule has 0 heterocycles. The number of carboxylic acid groups (broad SMARTS) is 1. The lowest BCUT2D eigenvalue weighted by Crippen LogP contribution is -2.43. The average Bonchev–Trinajstić information content (AvgIpc) is 2.98. The van der Waals surface area contributed by atoms with Crippen molar-refractivity contribution in [3.8, 4) is 11.1 Å². The fraction of sp³-hybridized carbons (Fsp3) is 0.211. The number of alkyl carbamates (subject to hydrolysis) is 1. The molecule has 1 aliphatic rings. The summed E-state index contributed by atoms with van der Waals surface area (Å²) < 4.78 is 5.15. The Labute approximate surface area is 149 Å². The lowest BCUT2D eigenvalue weighted by atomic mass is 10.0. The van der Waals surface area contributed by atoms with Gasteiger partial charge < -0.3 is 20.9 Å². The number of carboxylic acids is 1. The number of fused-ring (bicyclic) bond motifs is 3. The molecule has 26 heavy (non-hydrogen) atoms. The van der Waals surface area contributed by atoms with Crippen LogP contribution in [-0.2, 0) is 27.4 Å². The molecule has 1 unspecified atom stereocenters. The summed E-state index contributed by atoms with van der Waals surface area (Å²) in [4.78, 5) is 33.8. The number of carbonyl (C=O) groups excluding carboxylic acids is 2. The van der Waals surface area contributed by atoms with Crippen LogP contribution in [0.4, 0.5) is 4.79 Å². The number of nitrogens with two attached hydrogens (primary N) is 1. The second-order valence-corrected chi connectivity index (χ2v) is 6.06. The molecule has 2 aromatic rings. The van der Waals surface area contributed by atoms with Crippen molar-refractivity contribution in [2.24, 2.45) is 5.73 Å². The Morgan fingerprint density at radius 2 is 1.85 bits per heavy atom. The van der Waals surface area contributed by atoms with E-state index in [4.69, 9.17) is 15.6 Å². The third-order valence-electron chi connectivity index (χ3n) is 4.30. The van der Waals surface area contributed by atoms with E-state index in [-0.39, 0.29) is 6.61 Å². The summed E-state index contributed by atoms with van der Waals surface area (Å²) in [5.74, 6) is -2.17. The summed E-state index contributed by atoms with van der Waals surface area (Å²) >= 11 is 0. The first-order valence-corrected chi connectivity index (χ1v) is 8.09. The summed E-state index contributed by atoms with van der Waals surface area (Å²) in [6.45, 7) is 0.00586. The molecule has 0 saturated heterocycles. The van der Waals surface area contributed by atoms with Crippen molar-refractivity contribution >= 4 is 18.0 Å². The van der Waals surface area contributed by atoms with Crippen LogP contribution >= 0.6 is 0 Å². The lowest BCUT2D eigenvalue weighted by Gasteiger charge is -2.14. The van der Waals surface area contributed by atoms with E-state index < -0.39 is 30.4 Å². The molecule has 7 nitrogen and oxygen atoms in total. The van der Waals surface area contributed by atoms with Gasteiger partial charge in [0.05, 0.1) is 6.42 Å². The van der Waals surface area contributed by atoms with Gasteiger partial charge in [-0.2, -0.15) is 0 Å². The first-order valence-electron chi connectivity index (χ1n) is 8.09. The van der Waals surface area contributed by atoms with Crippen molar-refractivity contribution in [3.05, 3.63) is 59.2 Å². The Balaban J connectivity index is 1.67. The molecule has 2 amide bonds. The molecule has 0 spiro atoms. The van der Waals surface area contributed by atoms with E-state index in [9.17, 15) is 14.4 Å². The van der Waals surface area contributed by atoms with Gasteiger partial charge in [0.25, 0.3) is 0 Å². The van der Waals surface area contributed by atoms with E-state index in [1.165, 1.54) is 11.1 Å². The van der Waals surface area contributed by atoms with Gasteiger partial charge in [-0.3, -0.25) is 4.79 Å². The molecule has 4 N–H and O–H groups in total. The molecule has 2 aromatic carbocycles. The first-order chi connectivity index (χ1) is 12.5. The number of rotatable bonds is 6. The SMILES string of the molecule is NC(=O)CC(NC(=O)OCc1cccc2c1Cc1ccccc1-2)C(=O)O. The summed E-state index contributed by atoms with van der Waals surface area (Å²) in [7, 11) is 0. The standard InChI is InChI=1S/C19H18N2O5/c20-17(22)9-16(18(23)24)21-19(25)26-10-12-5-3-7-14-13-6-2-1-4-11(13)8-15(12)14/h1-7,16H,8-10H2,(H2,20,22)(H,21,25)(H,23,24). The zero-order valence-electron chi connectivity index (χ0n) is 13.9. The molecule has 7 heteroatoms. The van der Waals surface area contributed by atoms with Crippen LogP contribution in [0, 0.1) is 0 Å². The van der Waals surface area contributed by atoms with Gasteiger partial charge in [-0.15, -0.1) is 0 Å². The second-order valence-electron chi connectivity index (χ2n) is 6.06. The monoisotopic (exact) mass is 354 g/mol. The maximum absolute atomic E-state index is 11.9. The molecule has 1 atom stereocenters. The van der Waals surface area contributed by atoms with E-state index in [1.54, 1.807) is 0 Å². The zero-order chi connectivity index (χ0) is 18.7. The number of aliphatic carboxylic acids is 1. The molecular formula is C19H18N2O5. The van der Waals surface area contributed by atoms with E-state index in [0.717, 1.165) is 23.1 Å². The third kappa shape index (κ3) is 3.66. The van der Waals surface area contributed by atoms with Crippen molar-refractivity contribution in [3.63, 3.8) is 0 Å². The predicted octanol–water partition coefficient (Wildman–Crippen LogP) is 1.81. The Morgan fingerprint density at radius 1 is 1.12 bits per heavy atom. The van der Waals surface area contributed by atoms with Crippen LogP contribution in [0.5, 0.6) is 0 Å². The quantitative estimate of drug-likeness (QED) is 0.624. The highest BCUT2D eigenvalue weighted by atomic mass is 16.5. The van der Waals surface area contributed by atoms with E-state index in [2.05, 4.69) is 17.4 Å². The Hall–Kier alpha value is -3.35. The fourth-order valence-corrected chi connectivity index (χ4v) is 3.09. The van der Waals surface area contributed by atoms with Gasteiger partial charge in [-0.1, -0.05) is 42.5 Å². The molecule has 0 bridgehead atoms. The molecule has 0 saturated carbocycles. The normalized spacial score (nSPS) is 12.6. The van der Waals surface area contributed by atoms with E-state index in [1.807, 2.05) is 30.3 Å². The summed E-state index contributed by atoms with van der Waals surface area (Å²) in [6, 6.07) is 12.5. The number of hydrogen-bond donors (Lipinski definition) is 3. The highest BCUT2D eigenvalue weighted by Crippen LogP contribution is 2.38. The van der Waals surface area contributed by atoms with Crippen LogP contribution in [0.15, 0.2) is 42.5 Å². The highest BCUT2D eigenvalue weighted by Gasteiger charge is 2.24. The van der Waals surface area contributed by atoms with Gasteiger partial charge >= 0.3 is 12.1 Å². The number of primary amides is 1. The number of benzene rings is 2. The second kappa shape index (κ2) is 7.26. The Kier molecular flexibility index (Phi) is 4.88. The van der Waals surface area contributed by atoms with E-state index in [0.29, 0.717) is 0 Å². The number of amides is 2. The summed E-state index contributed by atoms with van der Waals surface area (Å²) in [6.07, 6.45) is -0.654. The van der Waals surface area contributed by atoms with Gasteiger partial charge in [0, 0.05) is 0 Å². The van der Waals surface area contributed by atoms with Gasteiger partial charge in [-0.25, -0.2) is 9.59 Å². The Morgan fingerprint density at radius 3 is 2.58 bits per heavy atom. The zero-order valence-corrected chi connectivity index (χ0v) is 13.9. The van der Waals surface area contributed by atoms with E-state index >= 15 is 0 Å². The summed E-state index contributed by atoms with van der Waals surface area (Å²) in [5, 5.41) is 11.1. The molecule has 3 rings (SSSR count). The van der Waals surface area contributed by atoms with Crippen LogP contribution in [0.3, 0.4) is 0 Å². The van der Waals surface area contributed by atoms with Gasteiger partial charge in [0.15, 0.2) is 0 Å². The molecular weight excluding hydrogens is 336 g/mol. The highest BCUT2D eigenvalue weighted by molar-refractivity contribution is 5.86. The molecule has 0 aliphatic heterocycles. The molecule has 1 aliphatic carbocycles. The van der Waals surface area contributed by atoms with Crippen molar-refractivity contribution in [1.29, 1.82) is 0 Å². The first kappa shape index (κ1) is 17.5. The maximum Gasteiger partial charge on any atom is 0.408 e. The minimum absolute atomic E-state index is 0.00586. The smallest absolute Gasteiger partial charge is 0.408 e. The lowest BCUT2D eigenvalue weighted by molar-refractivity contribution is -0.141. The predicted molar refractivity (Wildman–Crippen MR) is 93.2 cm³/mol. The minimum Gasteiger partial charge on any atom is -0.480 e. The Bertz CT molecular complexity index is 878. The van der Waals surface area contributed by atoms with Crippen LogP contribution in [-0.4, -0.2) is 29.1 Å². The van der Waals surface area contributed by atoms with Crippen molar-refractivity contribution in [2.45, 2.75) is 25.5 Å². The fourth-order valence-electron chi connectivity index (χ4n) is 3.09. The number of nitrogens with one attached hydrogen (secondary N) is 1. The van der Waals surface area contributed by atoms with Gasteiger partial charge in [0.2, 0.25) is 5.91 Å². The van der Waals surface area contributed by atoms with Crippen molar-refractivity contribution < 1.29 is 24.2 Å². The van der Waals surface area contributed by atoms with Crippen LogP contribution < -0.4 is 11.1 Å².